The van der Waals surface area contributed by atoms with Crippen LogP contribution in [0.1, 0.15) is 364 Å². The molecule has 3 atom stereocenters. The molecule has 14 heteroatoms. The van der Waals surface area contributed by atoms with Gasteiger partial charge in [-0.1, -0.05) is 310 Å². The van der Waals surface area contributed by atoms with Gasteiger partial charge in [-0.05, 0) is 38.3 Å². The minimum Gasteiger partial charge on any atom is -0.490 e. The lowest BCUT2D eigenvalue weighted by molar-refractivity contribution is -0.231. The molecule has 0 bridgehead atoms. The highest BCUT2D eigenvalue weighted by atomic mass is 16.7. The molecule has 0 spiro atoms. The summed E-state index contributed by atoms with van der Waals surface area (Å²) in [5.74, 6) is -2.10. The number of hydrogen-bond donors (Lipinski definition) is 4. The molecule has 1 aromatic heterocycles. The van der Waals surface area contributed by atoms with Crippen molar-refractivity contribution in [1.29, 1.82) is 0 Å². The highest BCUT2D eigenvalue weighted by Gasteiger charge is 2.51. The van der Waals surface area contributed by atoms with Crippen LogP contribution in [-0.4, -0.2) is 76.5 Å². The van der Waals surface area contributed by atoms with Crippen LogP contribution >= 0.6 is 0 Å². The van der Waals surface area contributed by atoms with Crippen molar-refractivity contribution in [2.45, 2.75) is 367 Å². The fourth-order valence-corrected chi connectivity index (χ4v) is 12.2. The average molecular weight is 1240 g/mol. The first-order valence-corrected chi connectivity index (χ1v) is 36.9. The van der Waals surface area contributed by atoms with Crippen LogP contribution in [-0.2, 0) is 14.3 Å². The molecule has 0 saturated carbocycles. The quantitative estimate of drug-likeness (QED) is 0.0280. The number of unbranched alkanes of at least 4 members (excludes halogenated alkanes) is 45. The van der Waals surface area contributed by atoms with E-state index in [0.29, 0.717) is 42.6 Å². The van der Waals surface area contributed by atoms with Crippen molar-refractivity contribution in [3.8, 4) is 17.2 Å². The zero-order valence-corrected chi connectivity index (χ0v) is 56.8. The van der Waals surface area contributed by atoms with Gasteiger partial charge >= 0.3 is 11.7 Å². The van der Waals surface area contributed by atoms with Crippen LogP contribution in [0.4, 0.5) is 0 Å². The normalized spacial score (nSPS) is 15.7. The molecular weight excluding hydrogens is 1110 g/mol. The Morgan fingerprint density at radius 2 is 0.864 bits per heavy atom. The van der Waals surface area contributed by atoms with Crippen LogP contribution in [0.15, 0.2) is 27.9 Å². The summed E-state index contributed by atoms with van der Waals surface area (Å²) in [4.78, 5) is 54.1. The largest absolute Gasteiger partial charge is 0.490 e. The smallest absolute Gasteiger partial charge is 0.330 e. The minimum absolute atomic E-state index is 0.122. The number of carbonyl (C=O) groups excluding carboxylic acids is 2. The summed E-state index contributed by atoms with van der Waals surface area (Å²) in [6.07, 6.45) is 59.9. The number of rotatable bonds is 61. The van der Waals surface area contributed by atoms with E-state index >= 15 is 0 Å². The van der Waals surface area contributed by atoms with E-state index < -0.39 is 47.9 Å². The Hall–Kier alpha value is -3.88. The number of hydrogen-bond acceptors (Lipinski definition) is 11. The molecular formula is C74H131N3O11. The first-order chi connectivity index (χ1) is 43.1. The van der Waals surface area contributed by atoms with E-state index in [9.17, 15) is 29.4 Å². The number of aryl methyl sites for hydroxylation is 1. The number of aliphatic hydroxyl groups is 2. The van der Waals surface area contributed by atoms with Crippen molar-refractivity contribution in [2.24, 2.45) is 0 Å². The Labute approximate surface area is 535 Å². The molecule has 508 valence electrons. The van der Waals surface area contributed by atoms with Gasteiger partial charge in [0, 0.05) is 23.9 Å². The Kier molecular flexibility index (Phi) is 46.9. The molecule has 2 aromatic rings. The van der Waals surface area contributed by atoms with Gasteiger partial charge < -0.3 is 39.2 Å². The maximum absolute atomic E-state index is 14.0. The Bertz CT molecular complexity index is 2090. The van der Waals surface area contributed by atoms with E-state index in [0.717, 1.165) is 55.9 Å². The molecule has 0 aliphatic carbocycles. The minimum atomic E-state index is -2.27. The standard InChI is InChI=1S/C74H131N3O11/c1-5-8-11-14-17-20-23-26-29-32-35-38-41-44-47-50-55-84-65-58-64(72(81)75-54-53-69(79)88-74(83)60-68(87-67(74)62-78)77-61-63(4)71(80)76-73(77)82)59-66(85-56-51-48-45-42-39-36-33-30-27-24-21-18-15-12-9-6-2)70(65)86-57-52-49-46-43-40-37-34-31-28-25-22-19-16-13-10-7-3/h58-59,61,67-68,78,83H,5-57,60,62H2,1-4H3,(H,75,81)(H,76,80,82)/t67-,68-,74-/m1/s1. The van der Waals surface area contributed by atoms with Gasteiger partial charge in [-0.25, -0.2) is 4.79 Å². The molecule has 14 nitrogen and oxygen atoms in total. The molecule has 1 aliphatic rings. The average Bonchev–Trinajstić information content (AvgIpc) is 2.77. The number of ether oxygens (including phenoxy) is 5. The Morgan fingerprint density at radius 3 is 1.20 bits per heavy atom. The molecule has 2 heterocycles. The number of carbonyl (C=O) groups is 2. The number of amides is 1. The summed E-state index contributed by atoms with van der Waals surface area (Å²) in [6.45, 7) is 8.98. The molecule has 1 aromatic carbocycles. The lowest BCUT2D eigenvalue weighted by Gasteiger charge is -2.26. The summed E-state index contributed by atoms with van der Waals surface area (Å²) >= 11 is 0. The van der Waals surface area contributed by atoms with Crippen molar-refractivity contribution in [1.82, 2.24) is 14.9 Å². The maximum atomic E-state index is 14.0. The van der Waals surface area contributed by atoms with E-state index in [1.807, 2.05) is 0 Å². The molecule has 1 saturated heterocycles. The van der Waals surface area contributed by atoms with Gasteiger partial charge in [-0.15, -0.1) is 0 Å². The molecule has 88 heavy (non-hydrogen) atoms. The highest BCUT2D eigenvalue weighted by molar-refractivity contribution is 5.95. The molecule has 3 rings (SSSR count). The number of nitrogens with one attached hydrogen (secondary N) is 2. The van der Waals surface area contributed by atoms with Crippen molar-refractivity contribution < 1.29 is 43.5 Å². The molecule has 4 N–H and O–H groups in total. The second-order valence-electron chi connectivity index (χ2n) is 26.0. The van der Waals surface area contributed by atoms with Gasteiger partial charge in [0.2, 0.25) is 11.5 Å². The Morgan fingerprint density at radius 1 is 0.534 bits per heavy atom. The van der Waals surface area contributed by atoms with E-state index in [-0.39, 0.29) is 24.9 Å². The van der Waals surface area contributed by atoms with Gasteiger partial charge in [-0.3, -0.25) is 23.9 Å². The number of aromatic amines is 1. The SMILES string of the molecule is CCCCCCCCCCCCCCCCCCOc1cc(C(=O)NCCC(=O)O[C@]2(O)C[C@H](n3cc(C)c(=O)[nH]c3=O)O[C@@H]2CO)cc(OCCCCCCCCCCCCCCCCCC)c1OCCCCCCCCCCCCCCCCCC. The summed E-state index contributed by atoms with van der Waals surface area (Å²) in [5, 5.41) is 24.3. The van der Waals surface area contributed by atoms with Crippen molar-refractivity contribution >= 4 is 11.9 Å². The van der Waals surface area contributed by atoms with Gasteiger partial charge in [0.1, 0.15) is 12.3 Å². The third-order valence-corrected chi connectivity index (χ3v) is 17.9. The fraction of sp³-hybridized carbons (Fsp3) is 0.838. The number of esters is 1. The third-order valence-electron chi connectivity index (χ3n) is 17.9. The topological polar surface area (TPSA) is 188 Å². The second kappa shape index (κ2) is 52.7. The number of aliphatic hydroxyl groups excluding tert-OH is 1. The summed E-state index contributed by atoms with van der Waals surface area (Å²) in [7, 11) is 0. The molecule has 0 radical (unpaired) electrons. The predicted molar refractivity (Wildman–Crippen MR) is 361 cm³/mol. The zero-order chi connectivity index (χ0) is 63.4. The lowest BCUT2D eigenvalue weighted by Crippen LogP contribution is -2.45. The van der Waals surface area contributed by atoms with Gasteiger partial charge in [-0.2, -0.15) is 0 Å². The predicted octanol–water partition coefficient (Wildman–Crippen LogP) is 19.1. The van der Waals surface area contributed by atoms with Crippen LogP contribution in [0.2, 0.25) is 0 Å². The number of aromatic nitrogens is 2. The van der Waals surface area contributed by atoms with Gasteiger partial charge in [0.05, 0.1) is 39.3 Å². The van der Waals surface area contributed by atoms with Crippen LogP contribution in [0.25, 0.3) is 0 Å². The van der Waals surface area contributed by atoms with Crippen LogP contribution in [0.5, 0.6) is 17.2 Å². The first kappa shape index (κ1) is 78.4. The zero-order valence-electron chi connectivity index (χ0n) is 56.8. The summed E-state index contributed by atoms with van der Waals surface area (Å²) in [6, 6.07) is 3.44. The van der Waals surface area contributed by atoms with E-state index in [2.05, 4.69) is 31.1 Å². The Balaban J connectivity index is 1.61. The summed E-state index contributed by atoms with van der Waals surface area (Å²) in [5.41, 5.74) is -0.786. The fourth-order valence-electron chi connectivity index (χ4n) is 12.2. The van der Waals surface area contributed by atoms with Crippen LogP contribution in [0, 0.1) is 6.92 Å². The number of H-pyrrole nitrogens is 1. The van der Waals surface area contributed by atoms with E-state index in [4.69, 9.17) is 23.7 Å². The van der Waals surface area contributed by atoms with Crippen molar-refractivity contribution in [3.63, 3.8) is 0 Å². The second-order valence-corrected chi connectivity index (χ2v) is 26.0. The van der Waals surface area contributed by atoms with Crippen molar-refractivity contribution in [3.05, 3.63) is 50.3 Å². The maximum Gasteiger partial charge on any atom is 0.330 e. The van der Waals surface area contributed by atoms with Gasteiger partial charge in [0.15, 0.2) is 11.5 Å². The monoisotopic (exact) mass is 1240 g/mol. The highest BCUT2D eigenvalue weighted by Crippen LogP contribution is 2.40. The van der Waals surface area contributed by atoms with Crippen LogP contribution in [0.3, 0.4) is 0 Å². The van der Waals surface area contributed by atoms with Crippen LogP contribution < -0.4 is 30.8 Å². The molecule has 0 unspecified atom stereocenters. The summed E-state index contributed by atoms with van der Waals surface area (Å²) < 4.78 is 32.0. The number of nitrogens with zero attached hydrogens (tertiary/aromatic N) is 1. The van der Waals surface area contributed by atoms with E-state index in [1.54, 1.807) is 12.1 Å². The third kappa shape index (κ3) is 36.8. The molecule has 1 aliphatic heterocycles. The molecule has 1 fully saturated rings. The first-order valence-electron chi connectivity index (χ1n) is 36.9. The van der Waals surface area contributed by atoms with E-state index in [1.165, 1.54) is 270 Å². The van der Waals surface area contributed by atoms with Crippen molar-refractivity contribution in [2.75, 3.05) is 33.0 Å². The van der Waals surface area contributed by atoms with Gasteiger partial charge in [0.25, 0.3) is 11.5 Å². The lowest BCUT2D eigenvalue weighted by atomic mass is 10.0. The number of benzene rings is 1. The molecule has 1 amide bonds.